The Kier molecular flexibility index (Phi) is 2.35. The second-order valence-electron chi connectivity index (χ2n) is 3.48. The van der Waals surface area contributed by atoms with E-state index < -0.39 is 0 Å². The second-order valence-corrected chi connectivity index (χ2v) is 3.48. The van der Waals surface area contributed by atoms with E-state index in [0.717, 1.165) is 31.5 Å². The first-order valence-electron chi connectivity index (χ1n) is 4.78. The molecule has 0 radical (unpaired) electrons. The minimum Gasteiger partial charge on any atom is -0.385 e. The zero-order valence-electron chi connectivity index (χ0n) is 7.82. The van der Waals surface area contributed by atoms with Gasteiger partial charge in [-0.25, -0.2) is 0 Å². The smallest absolute Gasteiger partial charge is 0.271 e. The number of benzene rings is 1. The van der Waals surface area contributed by atoms with Crippen LogP contribution in [0.25, 0.3) is 0 Å². The molecule has 0 fully saturated rings. The van der Waals surface area contributed by atoms with E-state index >= 15 is 0 Å². The van der Waals surface area contributed by atoms with E-state index in [-0.39, 0.29) is 10.6 Å². The lowest BCUT2D eigenvalue weighted by molar-refractivity contribution is -0.384. The van der Waals surface area contributed by atoms with Crippen molar-refractivity contribution in [3.8, 4) is 0 Å². The summed E-state index contributed by atoms with van der Waals surface area (Å²) in [5.74, 6) is 0. The summed E-state index contributed by atoms with van der Waals surface area (Å²) in [4.78, 5) is 10.2. The third kappa shape index (κ3) is 1.69. The van der Waals surface area contributed by atoms with E-state index in [4.69, 9.17) is 0 Å². The Morgan fingerprint density at radius 1 is 1.36 bits per heavy atom. The first kappa shape index (κ1) is 8.99. The largest absolute Gasteiger partial charge is 0.385 e. The Labute approximate surface area is 82.1 Å². The van der Waals surface area contributed by atoms with Gasteiger partial charge >= 0.3 is 0 Å². The van der Waals surface area contributed by atoms with Crippen molar-refractivity contribution >= 4 is 11.4 Å². The summed E-state index contributed by atoms with van der Waals surface area (Å²) in [7, 11) is 0. The van der Waals surface area contributed by atoms with Crippen LogP contribution >= 0.6 is 0 Å². The number of nitrogens with zero attached hydrogens (tertiary/aromatic N) is 1. The number of fused-ring (bicyclic) bond motifs is 1. The highest BCUT2D eigenvalue weighted by atomic mass is 16.6. The summed E-state index contributed by atoms with van der Waals surface area (Å²) in [6, 6.07) is 5.05. The number of nitro groups is 1. The van der Waals surface area contributed by atoms with Crippen molar-refractivity contribution < 1.29 is 4.92 Å². The number of nitro benzene ring substituents is 1. The van der Waals surface area contributed by atoms with Crippen molar-refractivity contribution in [3.63, 3.8) is 0 Å². The molecule has 0 unspecified atom stereocenters. The van der Waals surface area contributed by atoms with E-state index in [2.05, 4.69) is 5.32 Å². The number of non-ortho nitro benzene ring substituents is 1. The molecule has 0 spiro atoms. The van der Waals surface area contributed by atoms with Crippen molar-refractivity contribution in [1.82, 2.24) is 0 Å². The van der Waals surface area contributed by atoms with Gasteiger partial charge in [-0.15, -0.1) is 0 Å². The van der Waals surface area contributed by atoms with Crippen LogP contribution in [0.2, 0.25) is 0 Å². The molecule has 4 heteroatoms. The van der Waals surface area contributed by atoms with Gasteiger partial charge in [0.25, 0.3) is 5.69 Å². The maximum Gasteiger partial charge on any atom is 0.271 e. The van der Waals surface area contributed by atoms with Gasteiger partial charge in [0.2, 0.25) is 0 Å². The molecule has 0 bridgehead atoms. The Morgan fingerprint density at radius 2 is 2.21 bits per heavy atom. The Balaban J connectivity index is 2.37. The van der Waals surface area contributed by atoms with Crippen LogP contribution < -0.4 is 5.32 Å². The number of anilines is 1. The van der Waals surface area contributed by atoms with Gasteiger partial charge in [0.15, 0.2) is 0 Å². The van der Waals surface area contributed by atoms with Crippen molar-refractivity contribution in [2.75, 3.05) is 11.9 Å². The zero-order valence-corrected chi connectivity index (χ0v) is 7.82. The molecule has 0 saturated heterocycles. The number of aryl methyl sites for hydroxylation is 1. The van der Waals surface area contributed by atoms with Crippen LogP contribution in [-0.4, -0.2) is 11.5 Å². The van der Waals surface area contributed by atoms with Crippen LogP contribution in [0.5, 0.6) is 0 Å². The highest BCUT2D eigenvalue weighted by Gasteiger charge is 2.12. The molecule has 1 aliphatic rings. The maximum absolute atomic E-state index is 10.6. The molecule has 0 aromatic heterocycles. The second kappa shape index (κ2) is 3.65. The van der Waals surface area contributed by atoms with E-state index in [0.29, 0.717) is 0 Å². The summed E-state index contributed by atoms with van der Waals surface area (Å²) in [5, 5.41) is 13.8. The quantitative estimate of drug-likeness (QED) is 0.548. The highest BCUT2D eigenvalue weighted by Crippen LogP contribution is 2.25. The topological polar surface area (TPSA) is 55.2 Å². The van der Waals surface area contributed by atoms with Crippen molar-refractivity contribution in [2.45, 2.75) is 19.3 Å². The number of hydrogen-bond donors (Lipinski definition) is 1. The van der Waals surface area contributed by atoms with Crippen LogP contribution in [-0.2, 0) is 6.42 Å². The van der Waals surface area contributed by atoms with E-state index in [1.54, 1.807) is 12.1 Å². The summed E-state index contributed by atoms with van der Waals surface area (Å²) in [6.07, 6.45) is 3.29. The van der Waals surface area contributed by atoms with Crippen molar-refractivity contribution in [2.24, 2.45) is 0 Å². The minimum absolute atomic E-state index is 0.165. The standard InChI is InChI=1S/C10H12N2O2/c13-12(14)9-5-4-8-3-1-2-6-11-10(8)7-9/h4-5,7,11H,1-3,6H2. The predicted octanol–water partition coefficient (Wildman–Crippen LogP) is 2.34. The SMILES string of the molecule is O=[N+]([O-])c1ccc2c(c1)NCCCC2. The van der Waals surface area contributed by atoms with Gasteiger partial charge < -0.3 is 5.32 Å². The summed E-state index contributed by atoms with van der Waals surface area (Å²) < 4.78 is 0. The maximum atomic E-state index is 10.6. The van der Waals surface area contributed by atoms with Gasteiger partial charge in [-0.3, -0.25) is 10.1 Å². The monoisotopic (exact) mass is 192 g/mol. The van der Waals surface area contributed by atoms with Crippen LogP contribution in [0.15, 0.2) is 18.2 Å². The van der Waals surface area contributed by atoms with Gasteiger partial charge in [0.05, 0.1) is 4.92 Å². The fraction of sp³-hybridized carbons (Fsp3) is 0.400. The first-order valence-corrected chi connectivity index (χ1v) is 4.78. The summed E-state index contributed by atoms with van der Waals surface area (Å²) >= 11 is 0. The molecular weight excluding hydrogens is 180 g/mol. The molecule has 4 nitrogen and oxygen atoms in total. The molecule has 1 heterocycles. The summed E-state index contributed by atoms with van der Waals surface area (Å²) in [6.45, 7) is 0.911. The van der Waals surface area contributed by atoms with Crippen LogP contribution in [0.4, 0.5) is 11.4 Å². The third-order valence-electron chi connectivity index (χ3n) is 2.49. The highest BCUT2D eigenvalue weighted by molar-refractivity contribution is 5.57. The Morgan fingerprint density at radius 3 is 3.00 bits per heavy atom. The molecule has 0 atom stereocenters. The molecule has 1 aromatic rings. The number of nitrogens with one attached hydrogen (secondary N) is 1. The Bertz CT molecular complexity index is 363. The number of hydrogen-bond acceptors (Lipinski definition) is 3. The van der Waals surface area contributed by atoms with Gasteiger partial charge in [-0.1, -0.05) is 6.07 Å². The lowest BCUT2D eigenvalue weighted by Crippen LogP contribution is -2.00. The average molecular weight is 192 g/mol. The van der Waals surface area contributed by atoms with Crippen molar-refractivity contribution in [3.05, 3.63) is 33.9 Å². The predicted molar refractivity (Wildman–Crippen MR) is 54.5 cm³/mol. The minimum atomic E-state index is -0.354. The number of rotatable bonds is 1. The normalized spacial score (nSPS) is 15.1. The van der Waals surface area contributed by atoms with Gasteiger partial charge in [0.1, 0.15) is 0 Å². The molecule has 1 N–H and O–H groups in total. The lowest BCUT2D eigenvalue weighted by atomic mass is 10.1. The molecule has 14 heavy (non-hydrogen) atoms. The van der Waals surface area contributed by atoms with Gasteiger partial charge in [0, 0.05) is 24.4 Å². The third-order valence-corrected chi connectivity index (χ3v) is 2.49. The van der Waals surface area contributed by atoms with Crippen LogP contribution in [0.3, 0.4) is 0 Å². The van der Waals surface area contributed by atoms with Crippen LogP contribution in [0.1, 0.15) is 18.4 Å². The molecule has 1 aromatic carbocycles. The Hall–Kier alpha value is -1.58. The molecule has 1 aliphatic heterocycles. The summed E-state index contributed by atoms with van der Waals surface area (Å²) in [5.41, 5.74) is 2.28. The van der Waals surface area contributed by atoms with Crippen LogP contribution in [0, 0.1) is 10.1 Å². The lowest BCUT2D eigenvalue weighted by Gasteiger charge is -2.06. The average Bonchev–Trinajstić information content (AvgIpc) is 2.41. The molecule has 2 rings (SSSR count). The molecule has 0 saturated carbocycles. The fourth-order valence-corrected chi connectivity index (χ4v) is 1.72. The van der Waals surface area contributed by atoms with Gasteiger partial charge in [-0.05, 0) is 24.8 Å². The zero-order chi connectivity index (χ0) is 9.97. The van der Waals surface area contributed by atoms with Crippen molar-refractivity contribution in [1.29, 1.82) is 0 Å². The fourth-order valence-electron chi connectivity index (χ4n) is 1.72. The first-order chi connectivity index (χ1) is 6.77. The van der Waals surface area contributed by atoms with E-state index in [1.807, 2.05) is 6.07 Å². The molecule has 74 valence electrons. The van der Waals surface area contributed by atoms with E-state index in [1.165, 1.54) is 5.56 Å². The molecule has 0 amide bonds. The van der Waals surface area contributed by atoms with E-state index in [9.17, 15) is 10.1 Å². The molecular formula is C10H12N2O2. The van der Waals surface area contributed by atoms with Gasteiger partial charge in [-0.2, -0.15) is 0 Å². The molecule has 0 aliphatic carbocycles.